The highest BCUT2D eigenvalue weighted by Crippen LogP contribution is 2.23. The molecule has 1 aromatic heterocycles. The number of aliphatic carboxylic acids is 1. The fourth-order valence-corrected chi connectivity index (χ4v) is 3.10. The van der Waals surface area contributed by atoms with Gasteiger partial charge < -0.3 is 19.7 Å². The van der Waals surface area contributed by atoms with Gasteiger partial charge in [-0.1, -0.05) is 10.2 Å². The number of rotatable bonds is 5. The normalized spacial score (nSPS) is 14.9. The number of amides is 1. The highest BCUT2D eigenvalue weighted by molar-refractivity contribution is 5.95. The first-order valence-corrected chi connectivity index (χ1v) is 9.49. The molecule has 180 valence electrons. The van der Waals surface area contributed by atoms with Crippen LogP contribution in [0.5, 0.6) is 0 Å². The van der Waals surface area contributed by atoms with E-state index in [1.807, 2.05) is 10.8 Å². The Labute approximate surface area is 189 Å². The largest absolute Gasteiger partial charge is 0.490 e. The Morgan fingerprint density at radius 2 is 1.91 bits per heavy atom. The van der Waals surface area contributed by atoms with Gasteiger partial charge >= 0.3 is 12.1 Å². The van der Waals surface area contributed by atoms with E-state index in [9.17, 15) is 23.1 Å². The first-order chi connectivity index (χ1) is 16.1. The molecular weight excluding hydrogens is 463 g/mol. The van der Waals surface area contributed by atoms with E-state index in [-0.39, 0.29) is 30.7 Å². The average molecular weight is 481 g/mol. The summed E-state index contributed by atoms with van der Waals surface area (Å²) in [6, 6.07) is 4.67. The number of carboxylic acids is 1. The van der Waals surface area contributed by atoms with Gasteiger partial charge in [0.05, 0.1) is 13.1 Å². The van der Waals surface area contributed by atoms with Crippen molar-refractivity contribution in [1.82, 2.24) is 14.5 Å². The van der Waals surface area contributed by atoms with Crippen LogP contribution in [0.2, 0.25) is 0 Å². The van der Waals surface area contributed by atoms with E-state index in [4.69, 9.17) is 21.0 Å². The first kappa shape index (κ1) is 26.0. The lowest BCUT2D eigenvalue weighted by molar-refractivity contribution is -0.192. The summed E-state index contributed by atoms with van der Waals surface area (Å²) in [5.41, 5.74) is 18.4. The van der Waals surface area contributed by atoms with Crippen molar-refractivity contribution in [2.45, 2.75) is 25.8 Å². The number of azide groups is 2. The Bertz CT molecular complexity index is 1140. The van der Waals surface area contributed by atoms with E-state index in [1.54, 1.807) is 23.2 Å². The van der Waals surface area contributed by atoms with Crippen LogP contribution < -0.4 is 0 Å². The summed E-state index contributed by atoms with van der Waals surface area (Å²) < 4.78 is 33.7. The standard InChI is InChI=1S/C16H17N9O2.C2HF3O2/c17-22-20-6-11-3-13(5-14(4-11)21-23-18)16(27)25-8-12(10-26)7-24-2-1-19-15(24)9-25;3-2(4,5)1(6)7/h1-5,12,26H,6-10H2;(H,6,7). The number of hydrogen-bond donors (Lipinski definition) is 2. The zero-order valence-electron chi connectivity index (χ0n) is 17.4. The van der Waals surface area contributed by atoms with E-state index in [2.05, 4.69) is 25.0 Å². The van der Waals surface area contributed by atoms with Crippen LogP contribution in [0, 0.1) is 5.92 Å². The molecule has 0 spiro atoms. The zero-order chi connectivity index (χ0) is 25.3. The molecule has 2 aromatic rings. The molecule has 2 heterocycles. The van der Waals surface area contributed by atoms with Crippen molar-refractivity contribution < 1.29 is 33.0 Å². The molecule has 1 atom stereocenters. The van der Waals surface area contributed by atoms with Crippen molar-refractivity contribution in [3.8, 4) is 0 Å². The summed E-state index contributed by atoms with van der Waals surface area (Å²) in [4.78, 5) is 33.4. The van der Waals surface area contributed by atoms with Gasteiger partial charge in [-0.3, -0.25) is 4.79 Å². The van der Waals surface area contributed by atoms with Crippen molar-refractivity contribution in [2.75, 3.05) is 13.2 Å². The molecule has 16 heteroatoms. The van der Waals surface area contributed by atoms with Gasteiger partial charge in [-0.15, -0.1) is 0 Å². The average Bonchev–Trinajstić information content (AvgIpc) is 3.14. The van der Waals surface area contributed by atoms with Crippen molar-refractivity contribution >= 4 is 17.6 Å². The molecule has 1 aliphatic rings. The fourth-order valence-electron chi connectivity index (χ4n) is 3.10. The van der Waals surface area contributed by atoms with Crippen LogP contribution in [0.3, 0.4) is 0 Å². The maximum Gasteiger partial charge on any atom is 0.490 e. The van der Waals surface area contributed by atoms with Gasteiger partial charge in [-0.05, 0) is 34.8 Å². The minimum Gasteiger partial charge on any atom is -0.475 e. The number of alkyl halides is 3. The second-order valence-corrected chi connectivity index (χ2v) is 7.00. The lowest BCUT2D eigenvalue weighted by Crippen LogP contribution is -2.35. The van der Waals surface area contributed by atoms with Gasteiger partial charge in [0.15, 0.2) is 0 Å². The molecule has 1 amide bonds. The predicted molar refractivity (Wildman–Crippen MR) is 109 cm³/mol. The topological polar surface area (TPSA) is 193 Å². The van der Waals surface area contributed by atoms with E-state index >= 15 is 0 Å². The summed E-state index contributed by atoms with van der Waals surface area (Å²) in [6.45, 7) is 1.24. The number of carbonyl (C=O) groups is 2. The maximum absolute atomic E-state index is 13.1. The van der Waals surface area contributed by atoms with Crippen LogP contribution in [-0.4, -0.2) is 55.9 Å². The van der Waals surface area contributed by atoms with E-state index < -0.39 is 12.1 Å². The predicted octanol–water partition coefficient (Wildman–Crippen LogP) is 3.53. The molecule has 3 rings (SSSR count). The summed E-state index contributed by atoms with van der Waals surface area (Å²) in [7, 11) is 0. The maximum atomic E-state index is 13.1. The summed E-state index contributed by atoms with van der Waals surface area (Å²) >= 11 is 0. The number of aromatic nitrogens is 2. The molecule has 0 saturated heterocycles. The Morgan fingerprint density at radius 1 is 1.21 bits per heavy atom. The van der Waals surface area contributed by atoms with Gasteiger partial charge in [-0.25, -0.2) is 9.78 Å². The van der Waals surface area contributed by atoms with E-state index in [0.717, 1.165) is 5.82 Å². The molecule has 2 N–H and O–H groups in total. The number of halogens is 3. The molecule has 1 aliphatic heterocycles. The molecule has 0 fully saturated rings. The smallest absolute Gasteiger partial charge is 0.475 e. The molecule has 0 saturated carbocycles. The monoisotopic (exact) mass is 481 g/mol. The highest BCUT2D eigenvalue weighted by atomic mass is 19.4. The highest BCUT2D eigenvalue weighted by Gasteiger charge is 2.38. The van der Waals surface area contributed by atoms with Gasteiger partial charge in [0, 0.05) is 59.1 Å². The second kappa shape index (κ2) is 11.6. The zero-order valence-corrected chi connectivity index (χ0v) is 17.4. The van der Waals surface area contributed by atoms with Crippen LogP contribution in [-0.2, 0) is 24.4 Å². The number of aliphatic hydroxyl groups excluding tert-OH is 1. The first-order valence-electron chi connectivity index (χ1n) is 9.49. The number of carboxylic acid groups (broad SMARTS) is 1. The molecule has 34 heavy (non-hydrogen) atoms. The Hall–Kier alpha value is -4.26. The number of benzene rings is 1. The number of fused-ring (bicyclic) bond motifs is 1. The van der Waals surface area contributed by atoms with Crippen molar-refractivity contribution in [2.24, 2.45) is 16.1 Å². The number of nitrogens with zero attached hydrogens (tertiary/aromatic N) is 9. The molecule has 0 radical (unpaired) electrons. The molecule has 0 aliphatic carbocycles. The minimum atomic E-state index is -5.08. The van der Waals surface area contributed by atoms with Gasteiger partial charge in [0.2, 0.25) is 0 Å². The van der Waals surface area contributed by atoms with Gasteiger partial charge in [0.1, 0.15) is 5.82 Å². The number of hydrogen-bond acceptors (Lipinski definition) is 6. The fraction of sp³-hybridized carbons (Fsp3) is 0.389. The van der Waals surface area contributed by atoms with Crippen molar-refractivity contribution in [3.63, 3.8) is 0 Å². The molecule has 13 nitrogen and oxygen atoms in total. The van der Waals surface area contributed by atoms with E-state index in [0.29, 0.717) is 30.8 Å². The second-order valence-electron chi connectivity index (χ2n) is 7.00. The molecular formula is C18H18F3N9O4. The Kier molecular flexibility index (Phi) is 8.84. The van der Waals surface area contributed by atoms with Crippen LogP contribution in [0.25, 0.3) is 20.9 Å². The lowest BCUT2D eigenvalue weighted by atomic mass is 10.1. The SMILES string of the molecule is O=C(O)C(F)(F)F.[N-]=[N+]=NCc1cc(N=[N+]=[N-])cc(C(=O)N2Cc3nccn3CC(CO)C2)c1. The van der Waals surface area contributed by atoms with E-state index in [1.165, 1.54) is 6.07 Å². The lowest BCUT2D eigenvalue weighted by Gasteiger charge is -2.23. The third kappa shape index (κ3) is 7.13. The summed E-state index contributed by atoms with van der Waals surface area (Å²) in [6.07, 6.45) is -1.59. The number of carbonyl (C=O) groups excluding carboxylic acids is 1. The van der Waals surface area contributed by atoms with Crippen LogP contribution in [0.4, 0.5) is 18.9 Å². The van der Waals surface area contributed by atoms with Crippen molar-refractivity contribution in [3.05, 3.63) is 68.4 Å². The number of aliphatic hydroxyl groups is 1. The Morgan fingerprint density at radius 3 is 2.50 bits per heavy atom. The quantitative estimate of drug-likeness (QED) is 0.374. The molecule has 1 aromatic carbocycles. The van der Waals surface area contributed by atoms with Gasteiger partial charge in [0.25, 0.3) is 5.91 Å². The van der Waals surface area contributed by atoms with Crippen LogP contribution >= 0.6 is 0 Å². The van der Waals surface area contributed by atoms with Crippen LogP contribution in [0.1, 0.15) is 21.7 Å². The molecule has 1 unspecified atom stereocenters. The summed E-state index contributed by atoms with van der Waals surface area (Å²) in [5.74, 6) is -2.42. The number of imidazole rings is 1. The minimum absolute atomic E-state index is 0.0369. The Balaban J connectivity index is 0.000000509. The molecule has 0 bridgehead atoms. The van der Waals surface area contributed by atoms with Gasteiger partial charge in [-0.2, -0.15) is 13.2 Å². The third-order valence-electron chi connectivity index (χ3n) is 4.56. The van der Waals surface area contributed by atoms with Crippen LogP contribution in [0.15, 0.2) is 40.8 Å². The third-order valence-corrected chi connectivity index (χ3v) is 4.56. The van der Waals surface area contributed by atoms with Crippen molar-refractivity contribution in [1.29, 1.82) is 0 Å². The summed E-state index contributed by atoms with van der Waals surface area (Å²) in [5, 5.41) is 23.8.